The topological polar surface area (TPSA) is 120 Å². The summed E-state index contributed by atoms with van der Waals surface area (Å²) >= 11 is 0. The highest BCUT2D eigenvalue weighted by molar-refractivity contribution is 6.04. The van der Waals surface area contributed by atoms with E-state index in [0.717, 1.165) is 48.4 Å². The standard InChI is InChI=1S/C29H33N5O3/c1-19-4-5-23(33-28(36)21-6-9-31-26(15-21)29(2,3)18-30)17-24(19)22-14-25(20-7-12-37-13-8-20)34-27(16-22)32-10-11-35/h4-6,9,14-17,20,35H,7-8,10-13H2,1-3H3,(H,32,34)(H,33,36). The van der Waals surface area contributed by atoms with E-state index in [1.54, 1.807) is 32.2 Å². The number of aromatic nitrogens is 2. The van der Waals surface area contributed by atoms with Gasteiger partial charge >= 0.3 is 0 Å². The van der Waals surface area contributed by atoms with Gasteiger partial charge in [-0.15, -0.1) is 0 Å². The van der Waals surface area contributed by atoms with Gasteiger partial charge in [0, 0.05) is 48.8 Å². The molecule has 0 spiro atoms. The maximum Gasteiger partial charge on any atom is 0.255 e. The molecular formula is C29H33N5O3. The fourth-order valence-corrected chi connectivity index (χ4v) is 4.37. The van der Waals surface area contributed by atoms with E-state index in [1.165, 1.54) is 0 Å². The summed E-state index contributed by atoms with van der Waals surface area (Å²) in [4.78, 5) is 22.2. The molecule has 2 aromatic heterocycles. The zero-order valence-corrected chi connectivity index (χ0v) is 21.5. The zero-order chi connectivity index (χ0) is 26.4. The second-order valence-electron chi connectivity index (χ2n) is 9.85. The van der Waals surface area contributed by atoms with E-state index >= 15 is 0 Å². The van der Waals surface area contributed by atoms with Gasteiger partial charge in [-0.25, -0.2) is 4.98 Å². The summed E-state index contributed by atoms with van der Waals surface area (Å²) in [7, 11) is 0. The number of rotatable bonds is 8. The number of nitrogens with one attached hydrogen (secondary N) is 2. The molecule has 1 fully saturated rings. The predicted octanol–water partition coefficient (Wildman–Crippen LogP) is 4.80. The third-order valence-corrected chi connectivity index (χ3v) is 6.65. The van der Waals surface area contributed by atoms with Crippen LogP contribution in [0.15, 0.2) is 48.7 Å². The number of hydrogen-bond donors (Lipinski definition) is 3. The molecule has 8 nitrogen and oxygen atoms in total. The van der Waals surface area contributed by atoms with E-state index in [-0.39, 0.29) is 12.5 Å². The van der Waals surface area contributed by atoms with Crippen molar-refractivity contribution in [2.75, 3.05) is 37.0 Å². The summed E-state index contributed by atoms with van der Waals surface area (Å²) in [5.41, 5.74) is 4.91. The smallest absolute Gasteiger partial charge is 0.255 e. The number of carbonyl (C=O) groups is 1. The van der Waals surface area contributed by atoms with Crippen LogP contribution in [-0.4, -0.2) is 47.3 Å². The lowest BCUT2D eigenvalue weighted by atomic mass is 9.90. The van der Waals surface area contributed by atoms with Crippen molar-refractivity contribution in [3.8, 4) is 17.2 Å². The Morgan fingerprint density at radius 1 is 1.19 bits per heavy atom. The van der Waals surface area contributed by atoms with Crippen LogP contribution in [0.3, 0.4) is 0 Å². The van der Waals surface area contributed by atoms with Gasteiger partial charge in [-0.05, 0) is 86.7 Å². The molecule has 0 radical (unpaired) electrons. The van der Waals surface area contributed by atoms with Crippen molar-refractivity contribution < 1.29 is 14.6 Å². The Hall–Kier alpha value is -3.80. The van der Waals surface area contributed by atoms with Crippen LogP contribution >= 0.6 is 0 Å². The van der Waals surface area contributed by atoms with E-state index in [1.807, 2.05) is 31.2 Å². The number of nitrogens with zero attached hydrogens (tertiary/aromatic N) is 3. The molecule has 3 N–H and O–H groups in total. The van der Waals surface area contributed by atoms with E-state index in [9.17, 15) is 15.2 Å². The Balaban J connectivity index is 1.64. The van der Waals surface area contributed by atoms with Crippen LogP contribution < -0.4 is 10.6 Å². The maximum absolute atomic E-state index is 13.1. The molecule has 0 bridgehead atoms. The van der Waals surface area contributed by atoms with Crippen LogP contribution in [0.4, 0.5) is 11.5 Å². The number of benzene rings is 1. The van der Waals surface area contributed by atoms with Gasteiger partial charge in [0.25, 0.3) is 5.91 Å². The van der Waals surface area contributed by atoms with Gasteiger partial charge in [-0.2, -0.15) is 5.26 Å². The Kier molecular flexibility index (Phi) is 8.17. The van der Waals surface area contributed by atoms with Crippen molar-refractivity contribution >= 4 is 17.4 Å². The van der Waals surface area contributed by atoms with E-state index in [2.05, 4.69) is 27.8 Å². The molecule has 192 valence electrons. The summed E-state index contributed by atoms with van der Waals surface area (Å²) in [6, 6.07) is 15.5. The highest BCUT2D eigenvalue weighted by Gasteiger charge is 2.23. The van der Waals surface area contributed by atoms with Gasteiger partial charge in [0.15, 0.2) is 0 Å². The van der Waals surface area contributed by atoms with Crippen molar-refractivity contribution in [2.24, 2.45) is 0 Å². The van der Waals surface area contributed by atoms with Gasteiger partial charge in [0.05, 0.1) is 23.8 Å². The van der Waals surface area contributed by atoms with Crippen LogP contribution in [-0.2, 0) is 10.2 Å². The number of amides is 1. The number of carbonyl (C=O) groups excluding carboxylic acids is 1. The minimum absolute atomic E-state index is 0.0152. The molecule has 1 amide bonds. The quantitative estimate of drug-likeness (QED) is 0.407. The van der Waals surface area contributed by atoms with Crippen molar-refractivity contribution in [1.29, 1.82) is 5.26 Å². The molecule has 1 saturated heterocycles. The summed E-state index contributed by atoms with van der Waals surface area (Å²) in [6.45, 7) is 7.45. The molecular weight excluding hydrogens is 466 g/mol. The Morgan fingerprint density at radius 2 is 1.97 bits per heavy atom. The monoisotopic (exact) mass is 499 g/mol. The highest BCUT2D eigenvalue weighted by Crippen LogP contribution is 2.33. The molecule has 3 heterocycles. The van der Waals surface area contributed by atoms with Crippen LogP contribution in [0.5, 0.6) is 0 Å². The molecule has 0 saturated carbocycles. The number of pyridine rings is 2. The fraction of sp³-hybridized carbons (Fsp3) is 0.379. The van der Waals surface area contributed by atoms with Gasteiger partial charge < -0.3 is 20.5 Å². The van der Waals surface area contributed by atoms with E-state index in [4.69, 9.17) is 9.72 Å². The number of ether oxygens (including phenoxy) is 1. The lowest BCUT2D eigenvalue weighted by Gasteiger charge is -2.23. The molecule has 1 aliphatic rings. The molecule has 3 aromatic rings. The number of hydrogen-bond acceptors (Lipinski definition) is 7. The average Bonchev–Trinajstić information content (AvgIpc) is 2.93. The number of nitriles is 1. The average molecular weight is 500 g/mol. The predicted molar refractivity (Wildman–Crippen MR) is 144 cm³/mol. The van der Waals surface area contributed by atoms with Gasteiger partial charge in [0.2, 0.25) is 0 Å². The molecule has 1 aliphatic heterocycles. The summed E-state index contributed by atoms with van der Waals surface area (Å²) in [6.07, 6.45) is 3.39. The lowest BCUT2D eigenvalue weighted by molar-refractivity contribution is 0.0845. The minimum Gasteiger partial charge on any atom is -0.395 e. The molecule has 0 aliphatic carbocycles. The maximum atomic E-state index is 13.1. The third-order valence-electron chi connectivity index (χ3n) is 6.65. The van der Waals surface area contributed by atoms with Crippen LogP contribution in [0.25, 0.3) is 11.1 Å². The Morgan fingerprint density at radius 3 is 2.70 bits per heavy atom. The number of anilines is 2. The SMILES string of the molecule is Cc1ccc(NC(=O)c2ccnc(C(C)(C)C#N)c2)cc1-c1cc(NCCO)nc(C2CCOCC2)c1. The van der Waals surface area contributed by atoms with Gasteiger partial charge in [0.1, 0.15) is 5.82 Å². The van der Waals surface area contributed by atoms with Crippen LogP contribution in [0, 0.1) is 18.3 Å². The van der Waals surface area contributed by atoms with Gasteiger partial charge in [-0.1, -0.05) is 6.07 Å². The molecule has 8 heteroatoms. The normalized spacial score (nSPS) is 14.1. The molecule has 4 rings (SSSR count). The van der Waals surface area contributed by atoms with E-state index in [0.29, 0.717) is 35.2 Å². The molecule has 0 atom stereocenters. The van der Waals surface area contributed by atoms with Crippen molar-refractivity contribution in [3.05, 3.63) is 71.2 Å². The van der Waals surface area contributed by atoms with Crippen molar-refractivity contribution in [2.45, 2.75) is 44.9 Å². The Labute approximate surface area is 217 Å². The fourth-order valence-electron chi connectivity index (χ4n) is 4.37. The van der Waals surface area contributed by atoms with Crippen LogP contribution in [0.1, 0.15) is 59.9 Å². The first-order chi connectivity index (χ1) is 17.8. The first kappa shape index (κ1) is 26.3. The van der Waals surface area contributed by atoms with Crippen molar-refractivity contribution in [3.63, 3.8) is 0 Å². The summed E-state index contributed by atoms with van der Waals surface area (Å²) < 4.78 is 5.54. The summed E-state index contributed by atoms with van der Waals surface area (Å²) in [5.74, 6) is 0.756. The molecule has 37 heavy (non-hydrogen) atoms. The summed E-state index contributed by atoms with van der Waals surface area (Å²) in [5, 5.41) is 24.9. The number of aliphatic hydroxyl groups is 1. The molecule has 1 aromatic carbocycles. The largest absolute Gasteiger partial charge is 0.395 e. The Bertz CT molecular complexity index is 1310. The first-order valence-electron chi connectivity index (χ1n) is 12.6. The van der Waals surface area contributed by atoms with Crippen LogP contribution in [0.2, 0.25) is 0 Å². The molecule has 0 unspecified atom stereocenters. The zero-order valence-electron chi connectivity index (χ0n) is 21.5. The second kappa shape index (κ2) is 11.5. The van der Waals surface area contributed by atoms with Gasteiger partial charge in [-0.3, -0.25) is 9.78 Å². The van der Waals surface area contributed by atoms with Crippen molar-refractivity contribution in [1.82, 2.24) is 9.97 Å². The number of aryl methyl sites for hydroxylation is 1. The first-order valence-corrected chi connectivity index (χ1v) is 12.6. The lowest BCUT2D eigenvalue weighted by Crippen LogP contribution is -2.18. The van der Waals surface area contributed by atoms with E-state index < -0.39 is 5.41 Å². The second-order valence-corrected chi connectivity index (χ2v) is 9.85. The number of aliphatic hydroxyl groups excluding tert-OH is 1. The highest BCUT2D eigenvalue weighted by atomic mass is 16.5. The third kappa shape index (κ3) is 6.31. The minimum atomic E-state index is -0.793.